The first kappa shape index (κ1) is 16.8. The summed E-state index contributed by atoms with van der Waals surface area (Å²) in [6.07, 6.45) is 1.87. The van der Waals surface area contributed by atoms with Gasteiger partial charge in [0.05, 0.1) is 5.92 Å². The molecule has 0 bridgehead atoms. The number of aliphatic carboxylic acids is 1. The largest absolute Gasteiger partial charge is 0.493 e. The van der Waals surface area contributed by atoms with Crippen LogP contribution >= 0.6 is 0 Å². The molecule has 0 saturated carbocycles. The summed E-state index contributed by atoms with van der Waals surface area (Å²) >= 11 is 0. The topological polar surface area (TPSA) is 49.8 Å². The standard InChI is InChI=1S/C18H27NO3/c1-13(2)19-9-7-15(8-10-19)17(18(20)21)12-22-16-6-4-5-14(3)11-16/h4-6,11,13,15,17H,7-10,12H2,1-3H3,(H,20,21). The molecule has 1 saturated heterocycles. The summed E-state index contributed by atoms with van der Waals surface area (Å²) in [6.45, 7) is 8.60. The third kappa shape index (κ3) is 4.47. The average Bonchev–Trinajstić information content (AvgIpc) is 2.47. The first-order valence-corrected chi connectivity index (χ1v) is 8.13. The molecule has 1 unspecified atom stereocenters. The molecule has 22 heavy (non-hydrogen) atoms. The summed E-state index contributed by atoms with van der Waals surface area (Å²) in [6, 6.07) is 8.30. The van der Waals surface area contributed by atoms with Crippen molar-refractivity contribution in [1.82, 2.24) is 4.90 Å². The summed E-state index contributed by atoms with van der Waals surface area (Å²) < 4.78 is 5.74. The predicted octanol–water partition coefficient (Wildman–Crippen LogP) is 3.20. The van der Waals surface area contributed by atoms with Gasteiger partial charge in [-0.3, -0.25) is 4.79 Å². The van der Waals surface area contributed by atoms with Crippen LogP contribution in [0.2, 0.25) is 0 Å². The number of benzene rings is 1. The van der Waals surface area contributed by atoms with Crippen molar-refractivity contribution in [2.75, 3.05) is 19.7 Å². The van der Waals surface area contributed by atoms with Crippen molar-refractivity contribution < 1.29 is 14.6 Å². The number of hydrogen-bond acceptors (Lipinski definition) is 3. The number of carboxylic acids is 1. The van der Waals surface area contributed by atoms with E-state index in [4.69, 9.17) is 4.74 Å². The fraction of sp³-hybridized carbons (Fsp3) is 0.611. The molecule has 1 N–H and O–H groups in total. The smallest absolute Gasteiger partial charge is 0.310 e. The Balaban J connectivity index is 1.92. The number of carbonyl (C=O) groups is 1. The molecule has 0 aliphatic carbocycles. The monoisotopic (exact) mass is 305 g/mol. The van der Waals surface area contributed by atoms with E-state index < -0.39 is 11.9 Å². The van der Waals surface area contributed by atoms with Crippen LogP contribution in [0.5, 0.6) is 5.75 Å². The number of nitrogens with zero attached hydrogens (tertiary/aromatic N) is 1. The van der Waals surface area contributed by atoms with Gasteiger partial charge in [0.25, 0.3) is 0 Å². The Hall–Kier alpha value is -1.55. The maximum Gasteiger partial charge on any atom is 0.310 e. The van der Waals surface area contributed by atoms with Crippen LogP contribution < -0.4 is 4.74 Å². The van der Waals surface area contributed by atoms with Gasteiger partial charge in [-0.25, -0.2) is 0 Å². The third-order valence-electron chi connectivity index (χ3n) is 4.61. The maximum absolute atomic E-state index is 11.6. The molecule has 4 nitrogen and oxygen atoms in total. The van der Waals surface area contributed by atoms with Gasteiger partial charge in [0, 0.05) is 6.04 Å². The van der Waals surface area contributed by atoms with Crippen molar-refractivity contribution in [3.05, 3.63) is 29.8 Å². The zero-order valence-corrected chi connectivity index (χ0v) is 13.8. The van der Waals surface area contributed by atoms with E-state index in [-0.39, 0.29) is 12.5 Å². The van der Waals surface area contributed by atoms with Gasteiger partial charge in [-0.05, 0) is 70.3 Å². The number of carboxylic acid groups (broad SMARTS) is 1. The summed E-state index contributed by atoms with van der Waals surface area (Å²) in [5, 5.41) is 9.54. The highest BCUT2D eigenvalue weighted by Gasteiger charge is 2.32. The van der Waals surface area contributed by atoms with Crippen LogP contribution in [0.3, 0.4) is 0 Å². The normalized spacial score (nSPS) is 18.4. The van der Waals surface area contributed by atoms with Gasteiger partial charge in [-0.15, -0.1) is 0 Å². The molecule has 0 aromatic heterocycles. The second-order valence-corrected chi connectivity index (χ2v) is 6.54. The second-order valence-electron chi connectivity index (χ2n) is 6.54. The lowest BCUT2D eigenvalue weighted by molar-refractivity contribution is -0.145. The molecule has 0 amide bonds. The molecular formula is C18H27NO3. The van der Waals surface area contributed by atoms with Gasteiger partial charge in [0.2, 0.25) is 0 Å². The van der Waals surface area contributed by atoms with Crippen LogP contribution in [0.4, 0.5) is 0 Å². The lowest BCUT2D eigenvalue weighted by Gasteiger charge is -2.36. The van der Waals surface area contributed by atoms with Crippen LogP contribution in [0.15, 0.2) is 24.3 Å². The SMILES string of the molecule is Cc1cccc(OCC(C(=O)O)C2CCN(C(C)C)CC2)c1. The van der Waals surface area contributed by atoms with Crippen LogP contribution in [0, 0.1) is 18.8 Å². The predicted molar refractivity (Wildman–Crippen MR) is 87.2 cm³/mol. The molecule has 1 aliphatic rings. The van der Waals surface area contributed by atoms with E-state index in [1.807, 2.05) is 31.2 Å². The number of piperidine rings is 1. The number of hydrogen-bond donors (Lipinski definition) is 1. The molecular weight excluding hydrogens is 278 g/mol. The molecule has 2 rings (SSSR count). The van der Waals surface area contributed by atoms with E-state index in [0.717, 1.165) is 37.2 Å². The minimum atomic E-state index is -0.740. The lowest BCUT2D eigenvalue weighted by Crippen LogP contribution is -2.42. The average molecular weight is 305 g/mol. The van der Waals surface area contributed by atoms with Gasteiger partial charge in [0.15, 0.2) is 0 Å². The van der Waals surface area contributed by atoms with E-state index in [2.05, 4.69) is 18.7 Å². The molecule has 1 heterocycles. The molecule has 1 aromatic carbocycles. The second kappa shape index (κ2) is 7.63. The Labute approximate surface area is 133 Å². The number of ether oxygens (including phenoxy) is 1. The number of aryl methyl sites for hydroxylation is 1. The van der Waals surface area contributed by atoms with E-state index in [1.165, 1.54) is 0 Å². The molecule has 1 aromatic rings. The van der Waals surface area contributed by atoms with Crippen molar-refractivity contribution in [3.8, 4) is 5.75 Å². The van der Waals surface area contributed by atoms with E-state index >= 15 is 0 Å². The molecule has 4 heteroatoms. The number of rotatable bonds is 6. The van der Waals surface area contributed by atoms with E-state index in [9.17, 15) is 9.90 Å². The van der Waals surface area contributed by atoms with Crippen LogP contribution in [-0.2, 0) is 4.79 Å². The zero-order chi connectivity index (χ0) is 16.1. The molecule has 122 valence electrons. The highest BCUT2D eigenvalue weighted by Crippen LogP contribution is 2.27. The van der Waals surface area contributed by atoms with Crippen LogP contribution in [0.1, 0.15) is 32.3 Å². The van der Waals surface area contributed by atoms with E-state index in [1.54, 1.807) is 0 Å². The summed E-state index contributed by atoms with van der Waals surface area (Å²) in [4.78, 5) is 14.0. The van der Waals surface area contributed by atoms with Crippen LogP contribution in [0.25, 0.3) is 0 Å². The van der Waals surface area contributed by atoms with Crippen molar-refractivity contribution in [1.29, 1.82) is 0 Å². The van der Waals surface area contributed by atoms with Gasteiger partial charge in [-0.1, -0.05) is 12.1 Å². The van der Waals surface area contributed by atoms with Crippen molar-refractivity contribution in [2.24, 2.45) is 11.8 Å². The Bertz CT molecular complexity index is 493. The Morgan fingerprint density at radius 2 is 2.05 bits per heavy atom. The molecule has 0 spiro atoms. The zero-order valence-electron chi connectivity index (χ0n) is 13.8. The summed E-state index contributed by atoms with van der Waals surface area (Å²) in [7, 11) is 0. The first-order chi connectivity index (χ1) is 10.5. The van der Waals surface area contributed by atoms with Gasteiger partial charge >= 0.3 is 5.97 Å². The van der Waals surface area contributed by atoms with Gasteiger partial charge < -0.3 is 14.7 Å². The van der Waals surface area contributed by atoms with Crippen LogP contribution in [-0.4, -0.2) is 41.7 Å². The Kier molecular flexibility index (Phi) is 5.83. The first-order valence-electron chi connectivity index (χ1n) is 8.13. The van der Waals surface area contributed by atoms with Crippen molar-refractivity contribution >= 4 is 5.97 Å². The fourth-order valence-electron chi connectivity index (χ4n) is 3.14. The third-order valence-corrected chi connectivity index (χ3v) is 4.61. The highest BCUT2D eigenvalue weighted by molar-refractivity contribution is 5.70. The minimum Gasteiger partial charge on any atom is -0.493 e. The van der Waals surface area contributed by atoms with Crippen molar-refractivity contribution in [2.45, 2.75) is 39.7 Å². The van der Waals surface area contributed by atoms with E-state index in [0.29, 0.717) is 6.04 Å². The summed E-state index contributed by atoms with van der Waals surface area (Å²) in [5.41, 5.74) is 1.12. The number of likely N-dealkylation sites (tertiary alicyclic amines) is 1. The Morgan fingerprint density at radius 1 is 1.36 bits per heavy atom. The Morgan fingerprint density at radius 3 is 2.59 bits per heavy atom. The highest BCUT2D eigenvalue weighted by atomic mass is 16.5. The fourth-order valence-corrected chi connectivity index (χ4v) is 3.14. The maximum atomic E-state index is 11.6. The summed E-state index contributed by atoms with van der Waals surface area (Å²) in [5.74, 6) is -0.200. The molecule has 0 radical (unpaired) electrons. The molecule has 1 fully saturated rings. The molecule has 1 atom stereocenters. The lowest BCUT2D eigenvalue weighted by atomic mass is 9.84. The van der Waals surface area contributed by atoms with Gasteiger partial charge in [0.1, 0.15) is 12.4 Å². The minimum absolute atomic E-state index is 0.206. The molecule has 1 aliphatic heterocycles. The quantitative estimate of drug-likeness (QED) is 0.877. The van der Waals surface area contributed by atoms with Gasteiger partial charge in [-0.2, -0.15) is 0 Å². The van der Waals surface area contributed by atoms with Crippen molar-refractivity contribution in [3.63, 3.8) is 0 Å².